The van der Waals surface area contributed by atoms with Crippen LogP contribution < -0.4 is 4.90 Å². The second-order valence-electron chi connectivity index (χ2n) is 7.15. The quantitative estimate of drug-likeness (QED) is 0.808. The van der Waals surface area contributed by atoms with Gasteiger partial charge in [-0.25, -0.2) is 0 Å². The number of rotatable bonds is 5. The van der Waals surface area contributed by atoms with Crippen molar-refractivity contribution in [1.82, 2.24) is 10.1 Å². The molecular weight excluding hydrogens is 334 g/mol. The summed E-state index contributed by atoms with van der Waals surface area (Å²) in [5.41, 5.74) is 3.91. The number of piperazine rings is 1. The maximum Gasteiger partial charge on any atom is 0.140 e. The number of aromatic nitrogens is 1. The van der Waals surface area contributed by atoms with E-state index in [1.165, 1.54) is 29.8 Å². The molecule has 0 amide bonds. The largest absolute Gasteiger partial charge is 0.369 e. The Morgan fingerprint density at radius 2 is 1.76 bits per heavy atom. The monoisotopic (exact) mass is 359 g/mol. The Bertz CT molecular complexity index is 689. The minimum absolute atomic E-state index is 0.803. The maximum atomic E-state index is 5.98. The molecule has 0 saturated carbocycles. The minimum Gasteiger partial charge on any atom is -0.369 e. The summed E-state index contributed by atoms with van der Waals surface area (Å²) in [5, 5.41) is 5.07. The van der Waals surface area contributed by atoms with E-state index < -0.39 is 0 Å². The third-order valence-corrected chi connectivity index (χ3v) is 5.74. The highest BCUT2D eigenvalue weighted by molar-refractivity contribution is 6.30. The van der Waals surface area contributed by atoms with E-state index in [9.17, 15) is 0 Å². The first-order valence-electron chi connectivity index (χ1n) is 9.49. The Labute approximate surface area is 154 Å². The van der Waals surface area contributed by atoms with Crippen molar-refractivity contribution in [3.05, 3.63) is 46.3 Å². The van der Waals surface area contributed by atoms with E-state index in [4.69, 9.17) is 16.1 Å². The van der Waals surface area contributed by atoms with Crippen molar-refractivity contribution in [2.45, 2.75) is 38.5 Å². The summed E-state index contributed by atoms with van der Waals surface area (Å²) in [6.45, 7) is 5.55. The molecule has 4 rings (SSSR count). The van der Waals surface area contributed by atoms with Crippen molar-refractivity contribution in [2.24, 2.45) is 0 Å². The fourth-order valence-electron chi connectivity index (χ4n) is 4.00. The molecule has 0 unspecified atom stereocenters. The maximum absolute atomic E-state index is 5.98. The molecule has 1 aliphatic heterocycles. The molecule has 2 aliphatic rings. The first kappa shape index (κ1) is 16.9. The Kier molecular flexibility index (Phi) is 5.28. The van der Waals surface area contributed by atoms with Gasteiger partial charge in [0.25, 0.3) is 0 Å². The summed E-state index contributed by atoms with van der Waals surface area (Å²) in [5.74, 6) is 1.15. The van der Waals surface area contributed by atoms with Crippen LogP contribution in [-0.2, 0) is 19.3 Å². The van der Waals surface area contributed by atoms with Gasteiger partial charge in [-0.2, -0.15) is 0 Å². The molecule has 1 aliphatic carbocycles. The average Bonchev–Trinajstić information content (AvgIpc) is 3.06. The zero-order valence-electron chi connectivity index (χ0n) is 14.7. The van der Waals surface area contributed by atoms with Crippen LogP contribution in [0.3, 0.4) is 0 Å². The van der Waals surface area contributed by atoms with Crippen molar-refractivity contribution in [1.29, 1.82) is 0 Å². The molecule has 0 N–H and O–H groups in total. The van der Waals surface area contributed by atoms with Gasteiger partial charge in [0.1, 0.15) is 5.76 Å². The van der Waals surface area contributed by atoms with Crippen molar-refractivity contribution < 1.29 is 4.52 Å². The van der Waals surface area contributed by atoms with Gasteiger partial charge in [-0.15, -0.1) is 0 Å². The van der Waals surface area contributed by atoms with E-state index in [1.54, 1.807) is 0 Å². The van der Waals surface area contributed by atoms with Crippen LogP contribution in [0.15, 0.2) is 28.8 Å². The van der Waals surface area contributed by atoms with Crippen LogP contribution >= 0.6 is 11.6 Å². The zero-order valence-corrected chi connectivity index (χ0v) is 15.5. The molecule has 0 atom stereocenters. The van der Waals surface area contributed by atoms with Gasteiger partial charge in [0, 0.05) is 48.9 Å². The fraction of sp³-hybridized carbons (Fsp3) is 0.550. The van der Waals surface area contributed by atoms with Crippen molar-refractivity contribution in [2.75, 3.05) is 37.6 Å². The lowest BCUT2D eigenvalue weighted by molar-refractivity contribution is 0.251. The predicted molar refractivity (Wildman–Crippen MR) is 102 cm³/mol. The van der Waals surface area contributed by atoms with Gasteiger partial charge in [-0.05, 0) is 62.9 Å². The topological polar surface area (TPSA) is 32.5 Å². The van der Waals surface area contributed by atoms with Gasteiger partial charge >= 0.3 is 0 Å². The third kappa shape index (κ3) is 4.01. The van der Waals surface area contributed by atoms with Gasteiger partial charge in [-0.1, -0.05) is 16.8 Å². The molecule has 1 fully saturated rings. The number of anilines is 1. The zero-order chi connectivity index (χ0) is 17.1. The molecular formula is C20H26ClN3O. The van der Waals surface area contributed by atoms with E-state index in [0.717, 1.165) is 69.2 Å². The van der Waals surface area contributed by atoms with E-state index in [2.05, 4.69) is 27.1 Å². The standard InChI is InChI=1S/C20H26ClN3O/c21-16-7-9-17(10-8-16)24-14-12-23(13-15-24)11-3-6-20-18-4-1-2-5-19(18)22-25-20/h7-10H,1-6,11-15H2. The van der Waals surface area contributed by atoms with Crippen LogP contribution in [0.25, 0.3) is 0 Å². The summed E-state index contributed by atoms with van der Waals surface area (Å²) < 4.78 is 5.60. The van der Waals surface area contributed by atoms with Crippen molar-refractivity contribution >= 4 is 17.3 Å². The first-order chi connectivity index (χ1) is 12.3. The highest BCUT2D eigenvalue weighted by atomic mass is 35.5. The summed E-state index contributed by atoms with van der Waals surface area (Å²) in [4.78, 5) is 5.01. The summed E-state index contributed by atoms with van der Waals surface area (Å²) in [6, 6.07) is 8.18. The van der Waals surface area contributed by atoms with Crippen LogP contribution in [0.2, 0.25) is 5.02 Å². The second kappa shape index (κ2) is 7.79. The number of fused-ring (bicyclic) bond motifs is 1. The number of hydrogen-bond donors (Lipinski definition) is 0. The molecule has 1 aromatic heterocycles. The van der Waals surface area contributed by atoms with E-state index >= 15 is 0 Å². The van der Waals surface area contributed by atoms with E-state index in [0.29, 0.717) is 0 Å². The average molecular weight is 360 g/mol. The number of hydrogen-bond acceptors (Lipinski definition) is 4. The lowest BCUT2D eigenvalue weighted by Crippen LogP contribution is -2.46. The van der Waals surface area contributed by atoms with Gasteiger partial charge < -0.3 is 9.42 Å². The first-order valence-corrected chi connectivity index (χ1v) is 9.86. The normalized spacial score (nSPS) is 18.4. The minimum atomic E-state index is 0.803. The Morgan fingerprint density at radius 3 is 2.56 bits per heavy atom. The van der Waals surface area contributed by atoms with Gasteiger partial charge in [0.05, 0.1) is 5.69 Å². The molecule has 5 heteroatoms. The lowest BCUT2D eigenvalue weighted by atomic mass is 9.95. The van der Waals surface area contributed by atoms with Gasteiger partial charge in [0.15, 0.2) is 0 Å². The Morgan fingerprint density at radius 1 is 1.00 bits per heavy atom. The van der Waals surface area contributed by atoms with E-state index in [-0.39, 0.29) is 0 Å². The predicted octanol–water partition coefficient (Wildman–Crippen LogP) is 3.96. The molecule has 0 spiro atoms. The van der Waals surface area contributed by atoms with Crippen LogP contribution in [0.1, 0.15) is 36.3 Å². The summed E-state index contributed by atoms with van der Waals surface area (Å²) >= 11 is 5.98. The van der Waals surface area contributed by atoms with E-state index in [1.807, 2.05) is 12.1 Å². The molecule has 4 nitrogen and oxygen atoms in total. The van der Waals surface area contributed by atoms with Crippen LogP contribution in [0.5, 0.6) is 0 Å². The molecule has 2 aromatic rings. The van der Waals surface area contributed by atoms with Gasteiger partial charge in [0.2, 0.25) is 0 Å². The molecule has 25 heavy (non-hydrogen) atoms. The molecule has 0 bridgehead atoms. The fourth-order valence-corrected chi connectivity index (χ4v) is 4.12. The number of halogens is 1. The molecule has 134 valence electrons. The molecule has 0 radical (unpaired) electrons. The van der Waals surface area contributed by atoms with Crippen LogP contribution in [0, 0.1) is 0 Å². The molecule has 1 aromatic carbocycles. The SMILES string of the molecule is Clc1ccc(N2CCN(CCCc3onc4c3CCCC4)CC2)cc1. The van der Waals surface area contributed by atoms with Crippen LogP contribution in [0.4, 0.5) is 5.69 Å². The summed E-state index contributed by atoms with van der Waals surface area (Å²) in [6.07, 6.45) is 6.99. The van der Waals surface area contributed by atoms with Crippen molar-refractivity contribution in [3.63, 3.8) is 0 Å². The number of benzene rings is 1. The summed E-state index contributed by atoms with van der Waals surface area (Å²) in [7, 11) is 0. The molecule has 1 saturated heterocycles. The third-order valence-electron chi connectivity index (χ3n) is 5.48. The van der Waals surface area contributed by atoms with Crippen LogP contribution in [-0.4, -0.2) is 42.8 Å². The Hall–Kier alpha value is -1.52. The van der Waals surface area contributed by atoms with Crippen molar-refractivity contribution in [3.8, 4) is 0 Å². The lowest BCUT2D eigenvalue weighted by Gasteiger charge is -2.36. The highest BCUT2D eigenvalue weighted by Crippen LogP contribution is 2.25. The second-order valence-corrected chi connectivity index (χ2v) is 7.58. The Balaban J connectivity index is 1.23. The van der Waals surface area contributed by atoms with Gasteiger partial charge in [-0.3, -0.25) is 4.90 Å². The highest BCUT2D eigenvalue weighted by Gasteiger charge is 2.20. The smallest absolute Gasteiger partial charge is 0.140 e. The number of aryl methyl sites for hydroxylation is 2. The molecule has 2 heterocycles. The number of nitrogens with zero attached hydrogens (tertiary/aromatic N) is 3.